The van der Waals surface area contributed by atoms with Crippen LogP contribution < -0.4 is 20.3 Å². The maximum absolute atomic E-state index is 12.7. The van der Waals surface area contributed by atoms with Crippen molar-refractivity contribution in [3.05, 3.63) is 88.3 Å². The Morgan fingerprint density at radius 1 is 0.963 bits per heavy atom. The van der Waals surface area contributed by atoms with E-state index < -0.39 is 5.91 Å². The Morgan fingerprint density at radius 2 is 1.67 bits per heavy atom. The fraction of sp³-hybridized carbons (Fsp3) is 0.143. The lowest BCUT2D eigenvalue weighted by Crippen LogP contribution is -2.29. The number of rotatable bonds is 6. The predicted molar refractivity (Wildman–Crippen MR) is 104 cm³/mol. The summed E-state index contributed by atoms with van der Waals surface area (Å²) in [6.07, 6.45) is 1.66. The summed E-state index contributed by atoms with van der Waals surface area (Å²) in [4.78, 5) is 25.3. The Kier molecular flexibility index (Phi) is 5.56. The molecule has 27 heavy (non-hydrogen) atoms. The molecule has 6 nitrogen and oxygen atoms in total. The summed E-state index contributed by atoms with van der Waals surface area (Å²) < 4.78 is 11.8. The van der Waals surface area contributed by atoms with Gasteiger partial charge in [0.25, 0.3) is 11.5 Å². The van der Waals surface area contributed by atoms with E-state index in [0.717, 1.165) is 5.56 Å². The van der Waals surface area contributed by atoms with Crippen molar-refractivity contribution in [3.8, 4) is 11.5 Å². The molecule has 0 spiro atoms. The average molecular weight is 364 g/mol. The van der Waals surface area contributed by atoms with Crippen molar-refractivity contribution in [2.45, 2.75) is 6.54 Å². The first-order chi connectivity index (χ1) is 13.1. The van der Waals surface area contributed by atoms with Crippen LogP contribution in [0.3, 0.4) is 0 Å². The van der Waals surface area contributed by atoms with Gasteiger partial charge in [-0.2, -0.15) is 0 Å². The number of carbonyl (C=O) groups is 1. The van der Waals surface area contributed by atoms with E-state index in [2.05, 4.69) is 5.32 Å². The van der Waals surface area contributed by atoms with Gasteiger partial charge in [0, 0.05) is 18.0 Å². The molecular formula is C21H20N2O4. The summed E-state index contributed by atoms with van der Waals surface area (Å²) in [6.45, 7) is 0.344. The van der Waals surface area contributed by atoms with Crippen molar-refractivity contribution in [3.63, 3.8) is 0 Å². The summed E-state index contributed by atoms with van der Waals surface area (Å²) in [5.41, 5.74) is 1.17. The van der Waals surface area contributed by atoms with Crippen LogP contribution in [0, 0.1) is 0 Å². The molecule has 3 aromatic rings. The second-order valence-corrected chi connectivity index (χ2v) is 5.89. The molecule has 0 saturated carbocycles. The monoisotopic (exact) mass is 364 g/mol. The Hall–Kier alpha value is -3.54. The van der Waals surface area contributed by atoms with E-state index in [4.69, 9.17) is 9.47 Å². The van der Waals surface area contributed by atoms with Gasteiger partial charge in [-0.1, -0.05) is 18.2 Å². The molecule has 0 saturated heterocycles. The molecule has 2 aromatic carbocycles. The quantitative estimate of drug-likeness (QED) is 0.729. The molecule has 0 fully saturated rings. The SMILES string of the molecule is COc1cccc(Cn2cccc(C(=O)Nc3cccc(OC)c3)c2=O)c1. The zero-order valence-electron chi connectivity index (χ0n) is 15.1. The minimum absolute atomic E-state index is 0.0724. The molecule has 1 amide bonds. The van der Waals surface area contributed by atoms with E-state index in [-0.39, 0.29) is 11.1 Å². The van der Waals surface area contributed by atoms with E-state index >= 15 is 0 Å². The number of hydrogen-bond acceptors (Lipinski definition) is 4. The molecule has 138 valence electrons. The zero-order valence-corrected chi connectivity index (χ0v) is 15.1. The van der Waals surface area contributed by atoms with Crippen LogP contribution in [0.25, 0.3) is 0 Å². The van der Waals surface area contributed by atoms with Crippen LogP contribution >= 0.6 is 0 Å². The first-order valence-corrected chi connectivity index (χ1v) is 8.38. The first kappa shape index (κ1) is 18.3. The molecule has 1 N–H and O–H groups in total. The minimum atomic E-state index is -0.465. The number of pyridine rings is 1. The lowest BCUT2D eigenvalue weighted by molar-refractivity contribution is 0.102. The molecule has 0 atom stereocenters. The third-order valence-electron chi connectivity index (χ3n) is 4.08. The fourth-order valence-electron chi connectivity index (χ4n) is 2.70. The molecule has 6 heteroatoms. The van der Waals surface area contributed by atoms with Gasteiger partial charge >= 0.3 is 0 Å². The molecule has 0 radical (unpaired) electrons. The Labute approximate surface area is 157 Å². The van der Waals surface area contributed by atoms with E-state index in [1.54, 1.807) is 50.7 Å². The molecule has 0 aliphatic heterocycles. The Morgan fingerprint density at radius 3 is 2.41 bits per heavy atom. The molecular weight excluding hydrogens is 344 g/mol. The number of benzene rings is 2. The van der Waals surface area contributed by atoms with E-state index in [1.807, 2.05) is 24.3 Å². The number of hydrogen-bond donors (Lipinski definition) is 1. The molecule has 1 heterocycles. The number of anilines is 1. The van der Waals surface area contributed by atoms with Gasteiger partial charge in [-0.25, -0.2) is 0 Å². The first-order valence-electron chi connectivity index (χ1n) is 8.38. The summed E-state index contributed by atoms with van der Waals surface area (Å²) in [6, 6.07) is 17.6. The van der Waals surface area contributed by atoms with Crippen LogP contribution in [0.2, 0.25) is 0 Å². The van der Waals surface area contributed by atoms with Crippen molar-refractivity contribution in [2.75, 3.05) is 19.5 Å². The van der Waals surface area contributed by atoms with Gasteiger partial charge < -0.3 is 19.4 Å². The topological polar surface area (TPSA) is 69.6 Å². The van der Waals surface area contributed by atoms with Crippen molar-refractivity contribution in [1.82, 2.24) is 4.57 Å². The number of nitrogens with zero attached hydrogens (tertiary/aromatic N) is 1. The van der Waals surface area contributed by atoms with E-state index in [9.17, 15) is 9.59 Å². The molecule has 0 bridgehead atoms. The maximum atomic E-state index is 12.7. The van der Waals surface area contributed by atoms with Gasteiger partial charge in [0.1, 0.15) is 17.1 Å². The second-order valence-electron chi connectivity index (χ2n) is 5.89. The normalized spacial score (nSPS) is 10.3. The van der Waals surface area contributed by atoms with Crippen LogP contribution in [0.4, 0.5) is 5.69 Å². The number of amides is 1. The lowest BCUT2D eigenvalue weighted by Gasteiger charge is -2.10. The van der Waals surface area contributed by atoms with Gasteiger partial charge in [-0.15, -0.1) is 0 Å². The number of carbonyl (C=O) groups excluding carboxylic acids is 1. The van der Waals surface area contributed by atoms with Gasteiger partial charge in [-0.05, 0) is 42.0 Å². The summed E-state index contributed by atoms with van der Waals surface area (Å²) >= 11 is 0. The van der Waals surface area contributed by atoms with Crippen LogP contribution in [0.5, 0.6) is 11.5 Å². The van der Waals surface area contributed by atoms with E-state index in [0.29, 0.717) is 23.7 Å². The number of nitrogens with one attached hydrogen (secondary N) is 1. The zero-order chi connectivity index (χ0) is 19.2. The third-order valence-corrected chi connectivity index (χ3v) is 4.08. The largest absolute Gasteiger partial charge is 0.497 e. The Bertz CT molecular complexity index is 1010. The van der Waals surface area contributed by atoms with Gasteiger partial charge in [0.15, 0.2) is 0 Å². The predicted octanol–water partition coefficient (Wildman–Crippen LogP) is 3.17. The van der Waals surface area contributed by atoms with Crippen LogP contribution in [-0.4, -0.2) is 24.7 Å². The van der Waals surface area contributed by atoms with Gasteiger partial charge in [0.05, 0.1) is 20.8 Å². The van der Waals surface area contributed by atoms with Crippen molar-refractivity contribution < 1.29 is 14.3 Å². The van der Waals surface area contributed by atoms with E-state index in [1.165, 1.54) is 10.6 Å². The highest BCUT2D eigenvalue weighted by molar-refractivity contribution is 6.04. The highest BCUT2D eigenvalue weighted by Gasteiger charge is 2.13. The van der Waals surface area contributed by atoms with Crippen molar-refractivity contribution in [1.29, 1.82) is 0 Å². The molecule has 1 aromatic heterocycles. The molecule has 0 unspecified atom stereocenters. The van der Waals surface area contributed by atoms with Crippen molar-refractivity contribution >= 4 is 11.6 Å². The average Bonchev–Trinajstić information content (AvgIpc) is 2.69. The molecule has 0 aliphatic carbocycles. The number of ether oxygens (including phenoxy) is 2. The second kappa shape index (κ2) is 8.23. The molecule has 3 rings (SSSR count). The van der Waals surface area contributed by atoms with Gasteiger partial charge in [-0.3, -0.25) is 9.59 Å². The number of aromatic nitrogens is 1. The summed E-state index contributed by atoms with van der Waals surface area (Å²) in [5.74, 6) is 0.872. The van der Waals surface area contributed by atoms with Crippen LogP contribution in [0.15, 0.2) is 71.7 Å². The minimum Gasteiger partial charge on any atom is -0.497 e. The lowest BCUT2D eigenvalue weighted by atomic mass is 10.2. The third kappa shape index (κ3) is 4.36. The van der Waals surface area contributed by atoms with Gasteiger partial charge in [0.2, 0.25) is 0 Å². The summed E-state index contributed by atoms with van der Waals surface area (Å²) in [5, 5.41) is 2.73. The fourth-order valence-corrected chi connectivity index (χ4v) is 2.70. The maximum Gasteiger partial charge on any atom is 0.263 e. The van der Waals surface area contributed by atoms with Crippen LogP contribution in [-0.2, 0) is 6.54 Å². The highest BCUT2D eigenvalue weighted by Crippen LogP contribution is 2.17. The van der Waals surface area contributed by atoms with Crippen LogP contribution in [0.1, 0.15) is 15.9 Å². The van der Waals surface area contributed by atoms with Crippen molar-refractivity contribution in [2.24, 2.45) is 0 Å². The summed E-state index contributed by atoms with van der Waals surface area (Å²) in [7, 11) is 3.14. The Balaban J connectivity index is 1.83. The highest BCUT2D eigenvalue weighted by atomic mass is 16.5. The molecule has 0 aliphatic rings. The smallest absolute Gasteiger partial charge is 0.263 e. The standard InChI is InChI=1S/C21H20N2O4/c1-26-17-8-3-6-15(12-17)14-23-11-5-10-19(21(23)25)20(24)22-16-7-4-9-18(13-16)27-2/h3-13H,14H2,1-2H3,(H,22,24). The number of methoxy groups -OCH3 is 2.